The summed E-state index contributed by atoms with van der Waals surface area (Å²) in [5, 5.41) is 12.0. The third-order valence-electron chi connectivity index (χ3n) is 5.77. The monoisotopic (exact) mass is 477 g/mol. The Morgan fingerprint density at radius 1 is 0.857 bits per heavy atom. The fourth-order valence-electron chi connectivity index (χ4n) is 4.14. The Morgan fingerprint density at radius 2 is 1.57 bits per heavy atom. The minimum atomic E-state index is -0.197. The average Bonchev–Trinajstić information content (AvgIpc) is 3.17. The lowest BCUT2D eigenvalue weighted by Gasteiger charge is -2.10. The number of hydrogen-bond donors (Lipinski definition) is 1. The highest BCUT2D eigenvalue weighted by atomic mass is 16.5. The molecule has 0 saturated heterocycles. The van der Waals surface area contributed by atoms with Crippen molar-refractivity contribution in [2.75, 3.05) is 26.9 Å². The van der Waals surface area contributed by atoms with E-state index in [1.807, 2.05) is 31.2 Å². The molecule has 7 heteroatoms. The Bertz CT molecular complexity index is 1300. The molecule has 0 saturated carbocycles. The zero-order valence-corrected chi connectivity index (χ0v) is 20.2. The van der Waals surface area contributed by atoms with Crippen LogP contribution in [0.3, 0.4) is 0 Å². The van der Waals surface area contributed by atoms with Crippen LogP contribution >= 0.6 is 0 Å². The molecule has 3 aromatic carbocycles. The molecular formula is C28H31NO6. The van der Waals surface area contributed by atoms with E-state index < -0.39 is 0 Å². The summed E-state index contributed by atoms with van der Waals surface area (Å²) in [7, 11) is 1.55. The van der Waals surface area contributed by atoms with Gasteiger partial charge < -0.3 is 28.6 Å². The van der Waals surface area contributed by atoms with Gasteiger partial charge in [0.05, 0.1) is 38.9 Å². The summed E-state index contributed by atoms with van der Waals surface area (Å²) in [6, 6.07) is 19.1. The molecule has 184 valence electrons. The molecule has 0 aliphatic rings. The molecule has 4 aromatic rings. The highest BCUT2D eigenvalue weighted by molar-refractivity contribution is 6.08. The molecule has 0 aliphatic carbocycles. The number of benzene rings is 3. The Hall–Kier alpha value is -3.87. The zero-order chi connectivity index (χ0) is 24.6. The molecule has 0 fully saturated rings. The van der Waals surface area contributed by atoms with E-state index in [-0.39, 0.29) is 11.7 Å². The zero-order valence-electron chi connectivity index (χ0n) is 20.2. The van der Waals surface area contributed by atoms with Crippen molar-refractivity contribution in [2.24, 2.45) is 0 Å². The number of carbonyl (C=O) groups excluding carboxylic acids is 1. The summed E-state index contributed by atoms with van der Waals surface area (Å²) in [6.45, 7) is 3.82. The molecule has 0 amide bonds. The van der Waals surface area contributed by atoms with Gasteiger partial charge in [-0.05, 0) is 38.0 Å². The number of carbonyl (C=O) groups is 1. The third-order valence-corrected chi connectivity index (χ3v) is 5.77. The van der Waals surface area contributed by atoms with Crippen LogP contribution < -0.4 is 14.2 Å². The second-order valence-electron chi connectivity index (χ2n) is 8.17. The van der Waals surface area contributed by atoms with Gasteiger partial charge in [0, 0.05) is 47.1 Å². The van der Waals surface area contributed by atoms with Gasteiger partial charge in [0.15, 0.2) is 0 Å². The van der Waals surface area contributed by atoms with Gasteiger partial charge in [0.25, 0.3) is 0 Å². The standard InChI is InChI=1S/C28H31NO6/c1-3-33-28(31)12-13-29-26-9-5-4-8-24(26)25-11-10-21(19-27(25)29)34-14-6-7-15-35-23-17-20(30)16-22(18-23)32-2/h4-5,8-11,16-19,30H,3,6-7,12-15H2,1-2H3. The van der Waals surface area contributed by atoms with Crippen LogP contribution in [0.2, 0.25) is 0 Å². The van der Waals surface area contributed by atoms with Crippen LogP contribution in [0.15, 0.2) is 60.7 Å². The molecule has 0 unspecified atom stereocenters. The molecule has 0 spiro atoms. The first-order chi connectivity index (χ1) is 17.1. The van der Waals surface area contributed by atoms with E-state index in [9.17, 15) is 9.90 Å². The van der Waals surface area contributed by atoms with E-state index in [4.69, 9.17) is 18.9 Å². The first kappa shape index (κ1) is 24.3. The van der Waals surface area contributed by atoms with Gasteiger partial charge in [-0.2, -0.15) is 0 Å². The number of esters is 1. The van der Waals surface area contributed by atoms with E-state index in [0.29, 0.717) is 44.3 Å². The lowest BCUT2D eigenvalue weighted by molar-refractivity contribution is -0.143. The number of hydrogen-bond acceptors (Lipinski definition) is 6. The summed E-state index contributed by atoms with van der Waals surface area (Å²) >= 11 is 0. The van der Waals surface area contributed by atoms with Crippen molar-refractivity contribution in [1.29, 1.82) is 0 Å². The molecule has 0 atom stereocenters. The van der Waals surface area contributed by atoms with Crippen molar-refractivity contribution >= 4 is 27.8 Å². The van der Waals surface area contributed by atoms with E-state index in [1.54, 1.807) is 19.2 Å². The molecule has 1 N–H and O–H groups in total. The highest BCUT2D eigenvalue weighted by Crippen LogP contribution is 2.32. The molecule has 0 bridgehead atoms. The van der Waals surface area contributed by atoms with Crippen LogP contribution in [0.25, 0.3) is 21.8 Å². The summed E-state index contributed by atoms with van der Waals surface area (Å²) in [6.07, 6.45) is 1.94. The Kier molecular flexibility index (Phi) is 7.98. The average molecular weight is 478 g/mol. The number of phenols is 1. The van der Waals surface area contributed by atoms with E-state index in [1.165, 1.54) is 6.07 Å². The van der Waals surface area contributed by atoms with Gasteiger partial charge in [-0.1, -0.05) is 18.2 Å². The summed E-state index contributed by atoms with van der Waals surface area (Å²) < 4.78 is 24.1. The lowest BCUT2D eigenvalue weighted by Crippen LogP contribution is -2.09. The Balaban J connectivity index is 1.36. The molecule has 0 radical (unpaired) electrons. The van der Waals surface area contributed by atoms with Crippen molar-refractivity contribution in [3.63, 3.8) is 0 Å². The van der Waals surface area contributed by atoms with Crippen LogP contribution in [0.1, 0.15) is 26.2 Å². The number of aryl methyl sites for hydroxylation is 1. The fourth-order valence-corrected chi connectivity index (χ4v) is 4.14. The van der Waals surface area contributed by atoms with Crippen LogP contribution in [-0.4, -0.2) is 42.6 Å². The number of aromatic hydroxyl groups is 1. The van der Waals surface area contributed by atoms with Crippen molar-refractivity contribution in [2.45, 2.75) is 32.7 Å². The van der Waals surface area contributed by atoms with Gasteiger partial charge in [-0.25, -0.2) is 0 Å². The number of fused-ring (bicyclic) bond motifs is 3. The molecule has 1 heterocycles. The number of unbranched alkanes of at least 4 members (excludes halogenated alkanes) is 1. The number of phenolic OH excluding ortho intramolecular Hbond substituents is 1. The Labute approximate surface area is 204 Å². The van der Waals surface area contributed by atoms with Gasteiger partial charge in [0.2, 0.25) is 0 Å². The molecule has 7 nitrogen and oxygen atoms in total. The molecular weight excluding hydrogens is 446 g/mol. The van der Waals surface area contributed by atoms with Gasteiger partial charge in [-0.3, -0.25) is 4.79 Å². The minimum absolute atomic E-state index is 0.109. The highest BCUT2D eigenvalue weighted by Gasteiger charge is 2.13. The quantitative estimate of drug-likeness (QED) is 0.208. The van der Waals surface area contributed by atoms with Crippen LogP contribution in [-0.2, 0) is 16.1 Å². The maximum atomic E-state index is 12.0. The first-order valence-corrected chi connectivity index (χ1v) is 11.9. The van der Waals surface area contributed by atoms with Crippen LogP contribution in [0.4, 0.5) is 0 Å². The molecule has 0 aliphatic heterocycles. The molecule has 35 heavy (non-hydrogen) atoms. The Morgan fingerprint density at radius 3 is 2.34 bits per heavy atom. The van der Waals surface area contributed by atoms with E-state index >= 15 is 0 Å². The first-order valence-electron chi connectivity index (χ1n) is 11.9. The number of nitrogens with zero attached hydrogens (tertiary/aromatic N) is 1. The van der Waals surface area contributed by atoms with E-state index in [0.717, 1.165) is 40.4 Å². The number of aromatic nitrogens is 1. The van der Waals surface area contributed by atoms with Crippen molar-refractivity contribution in [3.05, 3.63) is 60.7 Å². The van der Waals surface area contributed by atoms with Crippen molar-refractivity contribution in [3.8, 4) is 23.0 Å². The van der Waals surface area contributed by atoms with E-state index in [2.05, 4.69) is 22.8 Å². The summed E-state index contributed by atoms with van der Waals surface area (Å²) in [5.74, 6) is 1.83. The number of methoxy groups -OCH3 is 1. The fraction of sp³-hybridized carbons (Fsp3) is 0.321. The van der Waals surface area contributed by atoms with Gasteiger partial charge in [-0.15, -0.1) is 0 Å². The lowest BCUT2D eigenvalue weighted by atomic mass is 10.1. The normalized spacial score (nSPS) is 11.0. The SMILES string of the molecule is CCOC(=O)CCn1c2ccccc2c2ccc(OCCCCOc3cc(O)cc(OC)c3)cc21. The van der Waals surface area contributed by atoms with Gasteiger partial charge >= 0.3 is 5.97 Å². The van der Waals surface area contributed by atoms with Crippen molar-refractivity contribution < 1.29 is 28.8 Å². The number of rotatable bonds is 12. The maximum Gasteiger partial charge on any atom is 0.307 e. The predicted molar refractivity (Wildman–Crippen MR) is 136 cm³/mol. The second kappa shape index (κ2) is 11.5. The number of para-hydroxylation sites is 1. The van der Waals surface area contributed by atoms with Crippen molar-refractivity contribution in [1.82, 2.24) is 4.57 Å². The molecule has 1 aromatic heterocycles. The molecule has 4 rings (SSSR count). The predicted octanol–water partition coefficient (Wildman–Crippen LogP) is 5.70. The second-order valence-corrected chi connectivity index (χ2v) is 8.17. The minimum Gasteiger partial charge on any atom is -0.508 e. The van der Waals surface area contributed by atoms with Crippen LogP contribution in [0.5, 0.6) is 23.0 Å². The number of ether oxygens (including phenoxy) is 4. The van der Waals surface area contributed by atoms with Gasteiger partial charge in [0.1, 0.15) is 23.0 Å². The smallest absolute Gasteiger partial charge is 0.307 e. The summed E-state index contributed by atoms with van der Waals surface area (Å²) in [5.41, 5.74) is 2.12. The maximum absolute atomic E-state index is 12.0. The summed E-state index contributed by atoms with van der Waals surface area (Å²) in [4.78, 5) is 12.0. The largest absolute Gasteiger partial charge is 0.508 e. The van der Waals surface area contributed by atoms with Crippen LogP contribution in [0, 0.1) is 0 Å². The topological polar surface area (TPSA) is 79.2 Å². The third kappa shape index (κ3) is 5.98.